The van der Waals surface area contributed by atoms with Crippen LogP contribution in [-0.4, -0.2) is 17.7 Å². The van der Waals surface area contributed by atoms with Crippen molar-refractivity contribution in [3.63, 3.8) is 0 Å². The quantitative estimate of drug-likeness (QED) is 0.565. The number of nitrogens with one attached hydrogen (secondary N) is 1. The number of nitrogens with zero attached hydrogens (tertiary/aromatic N) is 1. The second kappa shape index (κ2) is 8.54. The number of amides is 1. The Hall–Kier alpha value is -1.78. The summed E-state index contributed by atoms with van der Waals surface area (Å²) in [4.78, 5) is 12.2. The van der Waals surface area contributed by atoms with Crippen LogP contribution in [0, 0.1) is 5.92 Å². The van der Waals surface area contributed by atoms with E-state index in [1.807, 2.05) is 13.8 Å². The lowest BCUT2D eigenvalue weighted by molar-refractivity contribution is -0.127. The number of allylic oxidation sites excluding steroid dienone is 3. The molecule has 0 heterocycles. The first-order chi connectivity index (χ1) is 11.8. The molecule has 2 rings (SSSR count). The highest BCUT2D eigenvalue weighted by molar-refractivity contribution is 6.35. The molecule has 0 aromatic heterocycles. The predicted octanol–water partition coefficient (Wildman–Crippen LogP) is 5.17. The Morgan fingerprint density at radius 3 is 2.80 bits per heavy atom. The summed E-state index contributed by atoms with van der Waals surface area (Å²) in [5, 5.41) is 5.13. The minimum atomic E-state index is -0.743. The maximum absolute atomic E-state index is 12.2. The van der Waals surface area contributed by atoms with Gasteiger partial charge in [0.1, 0.15) is 5.75 Å². The van der Waals surface area contributed by atoms with Crippen LogP contribution in [0.15, 0.2) is 47.1 Å². The number of carbonyl (C=O) groups is 1. The highest BCUT2D eigenvalue weighted by Crippen LogP contribution is 2.28. The molecule has 0 aliphatic heterocycles. The van der Waals surface area contributed by atoms with Crippen molar-refractivity contribution in [1.29, 1.82) is 0 Å². The second-order valence-corrected chi connectivity index (χ2v) is 7.08. The van der Waals surface area contributed by atoms with Crippen molar-refractivity contribution in [3.05, 3.63) is 52.0 Å². The van der Waals surface area contributed by atoms with Gasteiger partial charge in [0.25, 0.3) is 5.91 Å². The molecule has 0 spiro atoms. The Morgan fingerprint density at radius 1 is 1.44 bits per heavy atom. The summed E-state index contributed by atoms with van der Waals surface area (Å²) in [5.41, 5.74) is 5.64. The Labute approximate surface area is 158 Å². The molecule has 6 heteroatoms. The maximum Gasteiger partial charge on any atom is 0.280 e. The monoisotopic (exact) mass is 380 g/mol. The molecule has 0 saturated carbocycles. The molecule has 1 aromatic rings. The molecule has 0 fully saturated rings. The highest BCUT2D eigenvalue weighted by Gasteiger charge is 2.20. The van der Waals surface area contributed by atoms with E-state index < -0.39 is 6.10 Å². The lowest BCUT2D eigenvalue weighted by atomic mass is 9.85. The minimum absolute atomic E-state index is 0.344. The number of rotatable bonds is 5. The van der Waals surface area contributed by atoms with Gasteiger partial charge >= 0.3 is 0 Å². The SMILES string of the molecule is C=C(C)C1CC=C(C)/C(=N\NC(=O)C(C)Oc2ccc(Cl)cc2Cl)C1. The molecule has 1 aliphatic carbocycles. The van der Waals surface area contributed by atoms with Gasteiger partial charge in [-0.3, -0.25) is 4.79 Å². The van der Waals surface area contributed by atoms with Gasteiger partial charge in [0.2, 0.25) is 0 Å². The average Bonchev–Trinajstić information content (AvgIpc) is 2.56. The van der Waals surface area contributed by atoms with E-state index in [-0.39, 0.29) is 5.91 Å². The normalized spacial score (nSPS) is 20.0. The molecule has 0 bridgehead atoms. The molecule has 2 atom stereocenters. The first-order valence-electron chi connectivity index (χ1n) is 8.08. The third-order valence-electron chi connectivity index (χ3n) is 4.17. The van der Waals surface area contributed by atoms with Crippen LogP contribution in [-0.2, 0) is 4.79 Å². The number of hydrazone groups is 1. The second-order valence-electron chi connectivity index (χ2n) is 6.24. The van der Waals surface area contributed by atoms with Crippen LogP contribution in [0.2, 0.25) is 10.0 Å². The lowest BCUT2D eigenvalue weighted by Crippen LogP contribution is -2.34. The summed E-state index contributed by atoms with van der Waals surface area (Å²) in [6.45, 7) is 9.66. The molecular formula is C19H22Cl2N2O2. The van der Waals surface area contributed by atoms with Crippen molar-refractivity contribution in [2.75, 3.05) is 0 Å². The molecule has 4 nitrogen and oxygen atoms in total. The summed E-state index contributed by atoms with van der Waals surface area (Å²) in [6, 6.07) is 4.85. The standard InChI is InChI=1S/C19H22Cl2N2O2/c1-11(2)14-6-5-12(3)17(9-14)22-23-19(24)13(4)25-18-8-7-15(20)10-16(18)21/h5,7-8,10,13-14H,1,6,9H2,2-4H3,(H,23,24)/b22-17-. The summed E-state index contributed by atoms with van der Waals surface area (Å²) >= 11 is 11.9. The van der Waals surface area contributed by atoms with Crippen molar-refractivity contribution in [3.8, 4) is 5.75 Å². The Kier molecular flexibility index (Phi) is 6.68. The van der Waals surface area contributed by atoms with Crippen molar-refractivity contribution < 1.29 is 9.53 Å². The minimum Gasteiger partial charge on any atom is -0.479 e. The van der Waals surface area contributed by atoms with Gasteiger partial charge in [0.05, 0.1) is 10.7 Å². The van der Waals surface area contributed by atoms with Crippen molar-refractivity contribution in [1.82, 2.24) is 5.43 Å². The first-order valence-corrected chi connectivity index (χ1v) is 8.84. The third-order valence-corrected chi connectivity index (χ3v) is 4.70. The van der Waals surface area contributed by atoms with Crippen molar-refractivity contribution in [2.45, 2.75) is 39.7 Å². The van der Waals surface area contributed by atoms with E-state index in [4.69, 9.17) is 27.9 Å². The van der Waals surface area contributed by atoms with Gasteiger partial charge in [-0.25, -0.2) is 5.43 Å². The van der Waals surface area contributed by atoms with E-state index in [9.17, 15) is 4.79 Å². The van der Waals surface area contributed by atoms with Crippen LogP contribution in [0.25, 0.3) is 0 Å². The largest absolute Gasteiger partial charge is 0.479 e. The van der Waals surface area contributed by atoms with E-state index >= 15 is 0 Å². The number of hydrogen-bond acceptors (Lipinski definition) is 3. The Balaban J connectivity index is 1.99. The van der Waals surface area contributed by atoms with Gasteiger partial charge in [0.15, 0.2) is 6.10 Å². The fourth-order valence-electron chi connectivity index (χ4n) is 2.45. The van der Waals surface area contributed by atoms with Gasteiger partial charge in [-0.15, -0.1) is 0 Å². The zero-order chi connectivity index (χ0) is 18.6. The van der Waals surface area contributed by atoms with Crippen molar-refractivity contribution in [2.24, 2.45) is 11.0 Å². The summed E-state index contributed by atoms with van der Waals surface area (Å²) in [6.07, 6.45) is 3.12. The van der Waals surface area contributed by atoms with Crippen LogP contribution in [0.4, 0.5) is 0 Å². The number of carbonyl (C=O) groups excluding carboxylic acids is 1. The van der Waals surface area contributed by atoms with Crippen LogP contribution < -0.4 is 10.2 Å². The number of ether oxygens (including phenoxy) is 1. The fourth-order valence-corrected chi connectivity index (χ4v) is 2.91. The molecule has 2 unspecified atom stereocenters. The molecule has 0 saturated heterocycles. The van der Waals surface area contributed by atoms with E-state index in [2.05, 4.69) is 23.2 Å². The Bertz CT molecular complexity index is 741. The van der Waals surface area contributed by atoms with E-state index in [1.54, 1.807) is 25.1 Å². The molecule has 1 aromatic carbocycles. The molecule has 1 amide bonds. The van der Waals surface area contributed by atoms with Gasteiger partial charge in [-0.05, 0) is 63.3 Å². The van der Waals surface area contributed by atoms with Crippen LogP contribution in [0.5, 0.6) is 5.75 Å². The average molecular weight is 381 g/mol. The van der Waals surface area contributed by atoms with Crippen LogP contribution in [0.1, 0.15) is 33.6 Å². The zero-order valence-electron chi connectivity index (χ0n) is 14.6. The fraction of sp³-hybridized carbons (Fsp3) is 0.368. The molecule has 1 N–H and O–H groups in total. The van der Waals surface area contributed by atoms with Gasteiger partial charge < -0.3 is 4.74 Å². The van der Waals surface area contributed by atoms with E-state index in [1.165, 1.54) is 0 Å². The molecule has 25 heavy (non-hydrogen) atoms. The van der Waals surface area contributed by atoms with Gasteiger partial charge in [-0.2, -0.15) is 5.10 Å². The lowest BCUT2D eigenvalue weighted by Gasteiger charge is -2.22. The summed E-state index contributed by atoms with van der Waals surface area (Å²) < 4.78 is 5.59. The topological polar surface area (TPSA) is 50.7 Å². The zero-order valence-corrected chi connectivity index (χ0v) is 16.1. The molecule has 1 aliphatic rings. The smallest absolute Gasteiger partial charge is 0.280 e. The summed E-state index contributed by atoms with van der Waals surface area (Å²) in [7, 11) is 0. The van der Waals surface area contributed by atoms with Crippen LogP contribution >= 0.6 is 23.2 Å². The van der Waals surface area contributed by atoms with E-state index in [0.717, 1.165) is 29.7 Å². The number of halogens is 2. The van der Waals surface area contributed by atoms with Crippen LogP contribution in [0.3, 0.4) is 0 Å². The molecular weight excluding hydrogens is 359 g/mol. The first kappa shape index (κ1) is 19.5. The van der Waals surface area contributed by atoms with Gasteiger partial charge in [0, 0.05) is 5.02 Å². The highest BCUT2D eigenvalue weighted by atomic mass is 35.5. The third kappa shape index (κ3) is 5.35. The maximum atomic E-state index is 12.2. The summed E-state index contributed by atoms with van der Waals surface area (Å²) in [5.74, 6) is 0.419. The van der Waals surface area contributed by atoms with E-state index in [0.29, 0.717) is 21.7 Å². The van der Waals surface area contributed by atoms with Crippen molar-refractivity contribution >= 4 is 34.8 Å². The van der Waals surface area contributed by atoms with Gasteiger partial charge in [-0.1, -0.05) is 41.4 Å². The number of benzene rings is 1. The predicted molar refractivity (Wildman–Crippen MR) is 103 cm³/mol. The molecule has 0 radical (unpaired) electrons. The Morgan fingerprint density at radius 2 is 2.16 bits per heavy atom. The number of hydrogen-bond donors (Lipinski definition) is 1. The molecule has 134 valence electrons.